The molecule has 24 heavy (non-hydrogen) atoms. The van der Waals surface area contributed by atoms with Crippen molar-refractivity contribution in [1.82, 2.24) is 9.55 Å². The number of ether oxygens (including phenoxy) is 3. The topological polar surface area (TPSA) is 103 Å². The first kappa shape index (κ1) is 17.6. The summed E-state index contributed by atoms with van der Waals surface area (Å²) in [6, 6.07) is 0. The van der Waals surface area contributed by atoms with Crippen LogP contribution in [0.2, 0.25) is 0 Å². The van der Waals surface area contributed by atoms with Crippen LogP contribution in [0.3, 0.4) is 0 Å². The van der Waals surface area contributed by atoms with Gasteiger partial charge in [0.1, 0.15) is 12.3 Å². The number of hydrogen-bond acceptors (Lipinski definition) is 6. The Morgan fingerprint density at radius 3 is 3.04 bits per heavy atom. The Hall–Kier alpha value is -1.26. The summed E-state index contributed by atoms with van der Waals surface area (Å²) in [7, 11) is 0. The second-order valence-electron chi connectivity index (χ2n) is 5.75. The molecule has 3 heterocycles. The Kier molecular flexibility index (Phi) is 5.67. The molecule has 2 unspecified atom stereocenters. The minimum absolute atomic E-state index is 0.189. The van der Waals surface area contributed by atoms with Crippen molar-refractivity contribution in [3.63, 3.8) is 0 Å². The summed E-state index contributed by atoms with van der Waals surface area (Å²) in [4.78, 5) is 27.5. The van der Waals surface area contributed by atoms with Gasteiger partial charge in [-0.2, -0.15) is 0 Å². The van der Waals surface area contributed by atoms with Gasteiger partial charge in [-0.25, -0.2) is 4.79 Å². The quantitative estimate of drug-likeness (QED) is 0.751. The first-order chi connectivity index (χ1) is 11.6. The van der Waals surface area contributed by atoms with Crippen molar-refractivity contribution in [3.05, 3.63) is 37.6 Å². The van der Waals surface area contributed by atoms with Gasteiger partial charge in [0.15, 0.2) is 6.29 Å². The van der Waals surface area contributed by atoms with E-state index in [4.69, 9.17) is 14.2 Å². The smallest absolute Gasteiger partial charge is 0.330 e. The van der Waals surface area contributed by atoms with E-state index in [-0.39, 0.29) is 19.3 Å². The fourth-order valence-corrected chi connectivity index (χ4v) is 3.10. The largest absolute Gasteiger partial charge is 0.390 e. The maximum Gasteiger partial charge on any atom is 0.330 e. The van der Waals surface area contributed by atoms with Crippen molar-refractivity contribution in [3.8, 4) is 0 Å². The lowest BCUT2D eigenvalue weighted by molar-refractivity contribution is -0.149. The summed E-state index contributed by atoms with van der Waals surface area (Å²) in [6.45, 7) is 0.868. The molecule has 0 aromatic carbocycles. The van der Waals surface area contributed by atoms with E-state index in [1.807, 2.05) is 0 Å². The number of H-pyrrole nitrogens is 1. The monoisotopic (exact) mass is 402 g/mol. The summed E-state index contributed by atoms with van der Waals surface area (Å²) in [5.74, 6) is 0. The number of nitrogens with zero attached hydrogens (tertiary/aromatic N) is 1. The predicted molar refractivity (Wildman–Crippen MR) is 88.7 cm³/mol. The van der Waals surface area contributed by atoms with Crippen LogP contribution in [0, 0.1) is 0 Å². The summed E-state index contributed by atoms with van der Waals surface area (Å²) in [5, 5.41) is 10.2. The van der Waals surface area contributed by atoms with Crippen LogP contribution in [-0.2, 0) is 14.2 Å². The molecular weight excluding hydrogens is 384 g/mol. The van der Waals surface area contributed by atoms with Crippen LogP contribution in [0.1, 0.15) is 31.1 Å². The molecule has 0 radical (unpaired) electrons. The number of nitrogens with one attached hydrogen (secondary N) is 1. The number of rotatable bonds is 5. The van der Waals surface area contributed by atoms with Crippen LogP contribution in [0.4, 0.5) is 0 Å². The van der Waals surface area contributed by atoms with Gasteiger partial charge in [0.25, 0.3) is 5.56 Å². The molecule has 2 aliphatic rings. The number of aromatic nitrogens is 2. The number of aliphatic hydroxyl groups is 1. The van der Waals surface area contributed by atoms with Crippen LogP contribution in [0.15, 0.2) is 20.8 Å². The fourth-order valence-electron chi connectivity index (χ4n) is 2.82. The Bertz CT molecular complexity index is 709. The molecular formula is C15H19BrN2O6. The maximum absolute atomic E-state index is 12.0. The molecule has 2 N–H and O–H groups in total. The zero-order chi connectivity index (χ0) is 17.1. The highest BCUT2D eigenvalue weighted by molar-refractivity contribution is 9.11. The van der Waals surface area contributed by atoms with Crippen LogP contribution in [0.5, 0.6) is 0 Å². The highest BCUT2D eigenvalue weighted by Gasteiger charge is 2.36. The average molecular weight is 403 g/mol. The molecule has 9 heteroatoms. The maximum atomic E-state index is 12.0. The molecule has 4 atom stereocenters. The van der Waals surface area contributed by atoms with E-state index in [1.165, 1.54) is 21.8 Å². The predicted octanol–water partition coefficient (Wildman–Crippen LogP) is 0.704. The Morgan fingerprint density at radius 1 is 1.50 bits per heavy atom. The van der Waals surface area contributed by atoms with Crippen molar-refractivity contribution in [2.45, 2.75) is 44.0 Å². The molecule has 0 aliphatic carbocycles. The van der Waals surface area contributed by atoms with E-state index in [1.54, 1.807) is 0 Å². The van der Waals surface area contributed by atoms with E-state index in [0.717, 1.165) is 12.8 Å². The van der Waals surface area contributed by atoms with Crippen LogP contribution in [-0.4, -0.2) is 46.4 Å². The molecule has 1 aromatic rings. The highest BCUT2D eigenvalue weighted by atomic mass is 79.9. The van der Waals surface area contributed by atoms with Crippen molar-refractivity contribution >= 4 is 22.0 Å². The first-order valence-corrected chi connectivity index (χ1v) is 8.69. The van der Waals surface area contributed by atoms with Gasteiger partial charge >= 0.3 is 5.69 Å². The van der Waals surface area contributed by atoms with E-state index in [0.29, 0.717) is 12.2 Å². The van der Waals surface area contributed by atoms with Crippen molar-refractivity contribution in [1.29, 1.82) is 0 Å². The number of aliphatic hydroxyl groups excluding tert-OH is 1. The normalized spacial score (nSPS) is 30.4. The van der Waals surface area contributed by atoms with E-state index < -0.39 is 29.7 Å². The van der Waals surface area contributed by atoms with Crippen molar-refractivity contribution < 1.29 is 19.3 Å². The van der Waals surface area contributed by atoms with Gasteiger partial charge in [-0.15, -0.1) is 0 Å². The van der Waals surface area contributed by atoms with Crippen molar-refractivity contribution in [2.24, 2.45) is 0 Å². The van der Waals surface area contributed by atoms with Gasteiger partial charge in [0, 0.05) is 25.6 Å². The van der Waals surface area contributed by atoms with Crippen LogP contribution >= 0.6 is 15.9 Å². The molecule has 0 amide bonds. The lowest BCUT2D eigenvalue weighted by Crippen LogP contribution is -2.33. The molecule has 132 valence electrons. The van der Waals surface area contributed by atoms with E-state index >= 15 is 0 Å². The molecule has 0 bridgehead atoms. The standard InChI is InChI=1S/C15H19BrN2O6/c16-4-3-9-7-18(15(21)17-14(9)20)12-6-10(19)11(24-12)8-23-13-2-1-5-22-13/h3-4,7,10-13,19H,1-2,5-6,8H2,(H,17,20,21)/t10?,11-,12-,13?/m0/s1. The Morgan fingerprint density at radius 2 is 2.33 bits per heavy atom. The van der Waals surface area contributed by atoms with E-state index in [9.17, 15) is 14.7 Å². The van der Waals surface area contributed by atoms with Gasteiger partial charge in [0.2, 0.25) is 0 Å². The number of aromatic amines is 1. The van der Waals surface area contributed by atoms with E-state index in [2.05, 4.69) is 20.9 Å². The van der Waals surface area contributed by atoms with Crippen molar-refractivity contribution in [2.75, 3.05) is 13.2 Å². The third-order valence-corrected chi connectivity index (χ3v) is 4.35. The third-order valence-electron chi connectivity index (χ3n) is 4.09. The zero-order valence-corrected chi connectivity index (χ0v) is 14.5. The summed E-state index contributed by atoms with van der Waals surface area (Å²) >= 11 is 3.10. The second-order valence-corrected chi connectivity index (χ2v) is 6.28. The molecule has 0 spiro atoms. The molecule has 8 nitrogen and oxygen atoms in total. The van der Waals surface area contributed by atoms with Gasteiger partial charge in [0.05, 0.1) is 18.3 Å². The molecule has 3 rings (SSSR count). The lowest BCUT2D eigenvalue weighted by Gasteiger charge is -2.18. The number of halogens is 1. The van der Waals surface area contributed by atoms with Gasteiger partial charge < -0.3 is 19.3 Å². The highest BCUT2D eigenvalue weighted by Crippen LogP contribution is 2.28. The van der Waals surface area contributed by atoms with Crippen LogP contribution < -0.4 is 11.2 Å². The fraction of sp³-hybridized carbons (Fsp3) is 0.600. The van der Waals surface area contributed by atoms with Gasteiger partial charge in [-0.3, -0.25) is 14.3 Å². The second kappa shape index (κ2) is 7.75. The molecule has 2 saturated heterocycles. The summed E-state index contributed by atoms with van der Waals surface area (Å²) < 4.78 is 18.0. The average Bonchev–Trinajstić information content (AvgIpc) is 3.18. The Balaban J connectivity index is 1.70. The Labute approximate surface area is 146 Å². The minimum Gasteiger partial charge on any atom is -0.390 e. The SMILES string of the molecule is O=c1[nH]c(=O)n([C@@H]2CC(O)[C@H](COC3CCCO3)O2)cc1C=CBr. The molecule has 0 saturated carbocycles. The summed E-state index contributed by atoms with van der Waals surface area (Å²) in [5.41, 5.74) is -0.753. The van der Waals surface area contributed by atoms with Crippen LogP contribution in [0.25, 0.3) is 6.08 Å². The summed E-state index contributed by atoms with van der Waals surface area (Å²) in [6.07, 6.45) is 2.74. The molecule has 2 aliphatic heterocycles. The molecule has 1 aromatic heterocycles. The zero-order valence-electron chi connectivity index (χ0n) is 12.9. The number of hydrogen-bond donors (Lipinski definition) is 2. The first-order valence-electron chi connectivity index (χ1n) is 7.77. The lowest BCUT2D eigenvalue weighted by atomic mass is 10.2. The van der Waals surface area contributed by atoms with Gasteiger partial charge in [-0.1, -0.05) is 15.9 Å². The van der Waals surface area contributed by atoms with Gasteiger partial charge in [-0.05, 0) is 17.5 Å². The third kappa shape index (κ3) is 3.86. The molecule has 2 fully saturated rings. The minimum atomic E-state index is -0.759.